The molecule has 0 saturated heterocycles. The zero-order chi connectivity index (χ0) is 13.5. The molecular weight excluding hydrogens is 250 g/mol. The van der Waals surface area contributed by atoms with Gasteiger partial charge in [-0.3, -0.25) is 5.41 Å². The Bertz CT molecular complexity index is 543. The van der Waals surface area contributed by atoms with Crippen LogP contribution in [0.5, 0.6) is 0 Å². The zero-order valence-electron chi connectivity index (χ0n) is 10.9. The Morgan fingerprint density at radius 3 is 2.26 bits per heavy atom. The second-order valence-electron chi connectivity index (χ2n) is 4.29. The molecule has 2 N–H and O–H groups in total. The minimum Gasteiger partial charge on any atom is -0.257 e. The van der Waals surface area contributed by atoms with Gasteiger partial charge in [-0.2, -0.15) is 0 Å². The molecule has 0 atom stereocenters. The topological polar surface area (TPSA) is 25.6 Å². The lowest BCUT2D eigenvalue weighted by Gasteiger charge is -2.03. The Labute approximate surface area is 118 Å². The minimum absolute atomic E-state index is 0.870. The molecule has 19 heavy (non-hydrogen) atoms. The Morgan fingerprint density at radius 1 is 1.00 bits per heavy atom. The van der Waals surface area contributed by atoms with Gasteiger partial charge in [-0.15, -0.1) is 6.58 Å². The Hall–Kier alpha value is -1.80. The van der Waals surface area contributed by atoms with Crippen LogP contribution >= 0.6 is 11.8 Å². The molecule has 0 heterocycles. The molecule has 2 heteroatoms. The van der Waals surface area contributed by atoms with Crippen molar-refractivity contribution < 1.29 is 5.41 Å². The predicted molar refractivity (Wildman–Crippen MR) is 82.5 cm³/mol. The highest BCUT2D eigenvalue weighted by molar-refractivity contribution is 7.99. The summed E-state index contributed by atoms with van der Waals surface area (Å²) in [4.78, 5) is 2.48. The SMILES string of the molecule is C=CCCC(=[NH2+])c1ccc(Sc2ccccc2)cc1. The van der Waals surface area contributed by atoms with Gasteiger partial charge in [0.2, 0.25) is 0 Å². The van der Waals surface area contributed by atoms with E-state index in [1.54, 1.807) is 11.8 Å². The number of hydrogen-bond donors (Lipinski definition) is 1. The van der Waals surface area contributed by atoms with Crippen LogP contribution in [0.1, 0.15) is 18.4 Å². The van der Waals surface area contributed by atoms with E-state index in [2.05, 4.69) is 55.1 Å². The van der Waals surface area contributed by atoms with Crippen molar-refractivity contribution in [3.8, 4) is 0 Å². The first-order valence-corrected chi connectivity index (χ1v) is 7.17. The minimum atomic E-state index is 0.870. The van der Waals surface area contributed by atoms with Gasteiger partial charge in [0.05, 0.1) is 0 Å². The van der Waals surface area contributed by atoms with Crippen LogP contribution in [0.15, 0.2) is 77.0 Å². The van der Waals surface area contributed by atoms with Crippen LogP contribution in [0.2, 0.25) is 0 Å². The Balaban J connectivity index is 2.02. The number of rotatable bonds is 6. The largest absolute Gasteiger partial charge is 0.257 e. The fraction of sp³-hybridized carbons (Fsp3) is 0.118. The molecule has 0 aromatic heterocycles. The number of hydrogen-bond acceptors (Lipinski definition) is 1. The maximum Gasteiger partial charge on any atom is 0.180 e. The van der Waals surface area contributed by atoms with Crippen LogP contribution in [0.4, 0.5) is 0 Å². The fourth-order valence-corrected chi connectivity index (χ4v) is 2.60. The third-order valence-electron chi connectivity index (χ3n) is 2.82. The third-order valence-corrected chi connectivity index (χ3v) is 3.84. The molecule has 0 spiro atoms. The van der Waals surface area contributed by atoms with E-state index in [1.165, 1.54) is 9.79 Å². The predicted octanol–water partition coefficient (Wildman–Crippen LogP) is 3.35. The molecule has 0 radical (unpaired) electrons. The summed E-state index contributed by atoms with van der Waals surface area (Å²) in [7, 11) is 0. The molecule has 0 amide bonds. The summed E-state index contributed by atoms with van der Waals surface area (Å²) >= 11 is 1.76. The molecule has 0 aliphatic heterocycles. The summed E-state index contributed by atoms with van der Waals surface area (Å²) < 4.78 is 0. The standard InChI is InChI=1S/C17H17NS/c1-2-3-9-17(18)14-10-12-16(13-11-14)19-15-7-5-4-6-8-15/h2,4-8,10-13,18H,1,3,9H2/p+1. The van der Waals surface area contributed by atoms with E-state index in [-0.39, 0.29) is 0 Å². The summed E-state index contributed by atoms with van der Waals surface area (Å²) in [6.07, 6.45) is 3.69. The molecule has 0 bridgehead atoms. The Morgan fingerprint density at radius 2 is 1.63 bits per heavy atom. The summed E-state index contributed by atoms with van der Waals surface area (Å²) in [5.41, 5.74) is 2.04. The number of benzene rings is 2. The van der Waals surface area contributed by atoms with E-state index in [0.29, 0.717) is 0 Å². The summed E-state index contributed by atoms with van der Waals surface area (Å²) in [5.74, 6) is 0. The first-order valence-electron chi connectivity index (χ1n) is 6.35. The quantitative estimate of drug-likeness (QED) is 0.631. The molecular formula is C17H18NS+. The molecule has 0 aliphatic rings. The second kappa shape index (κ2) is 6.95. The van der Waals surface area contributed by atoms with E-state index in [9.17, 15) is 0 Å². The van der Waals surface area contributed by atoms with Crippen molar-refractivity contribution in [1.82, 2.24) is 0 Å². The van der Waals surface area contributed by atoms with E-state index >= 15 is 0 Å². The highest BCUT2D eigenvalue weighted by Gasteiger charge is 2.06. The molecule has 0 fully saturated rings. The van der Waals surface area contributed by atoms with Gasteiger partial charge < -0.3 is 0 Å². The maximum atomic E-state index is 6.05. The first kappa shape index (κ1) is 13.6. The highest BCUT2D eigenvalue weighted by Crippen LogP contribution is 2.27. The van der Waals surface area contributed by atoms with Gasteiger partial charge in [0.15, 0.2) is 5.71 Å². The van der Waals surface area contributed by atoms with E-state index < -0.39 is 0 Å². The van der Waals surface area contributed by atoms with Crippen LogP contribution in [0, 0.1) is 0 Å². The van der Waals surface area contributed by atoms with Gasteiger partial charge in [-0.05, 0) is 42.8 Å². The van der Waals surface area contributed by atoms with Crippen molar-refractivity contribution in [1.29, 1.82) is 0 Å². The van der Waals surface area contributed by atoms with Gasteiger partial charge in [0.25, 0.3) is 0 Å². The van der Waals surface area contributed by atoms with Gasteiger partial charge in [-0.1, -0.05) is 36.0 Å². The molecule has 0 unspecified atom stereocenters. The first-order chi connectivity index (χ1) is 9.29. The molecule has 2 aromatic rings. The van der Waals surface area contributed by atoms with Gasteiger partial charge in [0, 0.05) is 21.8 Å². The monoisotopic (exact) mass is 268 g/mol. The lowest BCUT2D eigenvalue weighted by atomic mass is 10.1. The van der Waals surface area contributed by atoms with Gasteiger partial charge >= 0.3 is 0 Å². The van der Waals surface area contributed by atoms with Crippen molar-refractivity contribution >= 4 is 17.5 Å². The van der Waals surface area contributed by atoms with Crippen molar-refractivity contribution in [3.63, 3.8) is 0 Å². The van der Waals surface area contributed by atoms with E-state index in [1.807, 2.05) is 12.1 Å². The Kier molecular flexibility index (Phi) is 4.99. The van der Waals surface area contributed by atoms with Crippen molar-refractivity contribution in [2.24, 2.45) is 0 Å². The number of nitrogens with two attached hydrogens (primary N) is 1. The third kappa shape index (κ3) is 4.11. The van der Waals surface area contributed by atoms with Gasteiger partial charge in [0.1, 0.15) is 0 Å². The lowest BCUT2D eigenvalue weighted by molar-refractivity contribution is -0.115. The normalized spacial score (nSPS) is 10.1. The van der Waals surface area contributed by atoms with Gasteiger partial charge in [-0.25, -0.2) is 0 Å². The van der Waals surface area contributed by atoms with Crippen LogP contribution in [0.3, 0.4) is 0 Å². The van der Waals surface area contributed by atoms with Crippen LogP contribution in [0.25, 0.3) is 0 Å². The van der Waals surface area contributed by atoms with Crippen molar-refractivity contribution in [2.45, 2.75) is 22.6 Å². The number of allylic oxidation sites excluding steroid dienone is 1. The molecule has 2 aromatic carbocycles. The molecule has 1 nitrogen and oxygen atoms in total. The average Bonchev–Trinajstić information content (AvgIpc) is 2.46. The second-order valence-corrected chi connectivity index (χ2v) is 5.44. The van der Waals surface area contributed by atoms with Crippen LogP contribution in [-0.2, 0) is 0 Å². The molecule has 2 rings (SSSR count). The smallest absolute Gasteiger partial charge is 0.180 e. The zero-order valence-corrected chi connectivity index (χ0v) is 11.7. The summed E-state index contributed by atoms with van der Waals surface area (Å²) in [6, 6.07) is 18.8. The summed E-state index contributed by atoms with van der Waals surface area (Å²) in [6.45, 7) is 3.72. The molecule has 96 valence electrons. The highest BCUT2D eigenvalue weighted by atomic mass is 32.2. The van der Waals surface area contributed by atoms with Crippen molar-refractivity contribution in [3.05, 3.63) is 72.8 Å². The van der Waals surface area contributed by atoms with Crippen molar-refractivity contribution in [2.75, 3.05) is 0 Å². The molecule has 0 saturated carbocycles. The fourth-order valence-electron chi connectivity index (χ4n) is 1.76. The molecule has 0 aliphatic carbocycles. The maximum absolute atomic E-state index is 6.05. The van der Waals surface area contributed by atoms with E-state index in [4.69, 9.17) is 5.41 Å². The van der Waals surface area contributed by atoms with Crippen LogP contribution < -0.4 is 5.41 Å². The van der Waals surface area contributed by atoms with Crippen LogP contribution in [-0.4, -0.2) is 5.71 Å². The van der Waals surface area contributed by atoms with E-state index in [0.717, 1.165) is 24.1 Å². The average molecular weight is 268 g/mol. The lowest BCUT2D eigenvalue weighted by Crippen LogP contribution is -2.40. The summed E-state index contributed by atoms with van der Waals surface area (Å²) in [5, 5.41) is 6.05.